The fraction of sp³-hybridized carbons (Fsp3) is 0.486. The lowest BCUT2D eigenvalue weighted by Crippen LogP contribution is -2.47. The number of carbonyl (C=O) groups is 3. The number of nitrogens with one attached hydrogen (secondary N) is 1. The van der Waals surface area contributed by atoms with Crippen LogP contribution in [0.5, 0.6) is 5.75 Å². The molecule has 2 heterocycles. The molecule has 2 aromatic carbocycles. The summed E-state index contributed by atoms with van der Waals surface area (Å²) in [5.41, 5.74) is 1.43. The van der Waals surface area contributed by atoms with E-state index in [2.05, 4.69) is 71.1 Å². The van der Waals surface area contributed by atoms with Gasteiger partial charge in [0, 0.05) is 12.6 Å². The molecule has 0 spiro atoms. The highest BCUT2D eigenvalue weighted by molar-refractivity contribution is 5.95. The summed E-state index contributed by atoms with van der Waals surface area (Å²) in [6.45, 7) is 16.6. The van der Waals surface area contributed by atoms with Crippen LogP contribution in [0.25, 0.3) is 0 Å². The molecule has 0 aliphatic carbocycles. The Hall–Kier alpha value is -4.67. The minimum Gasteiger partial charge on any atom is -0.451 e. The zero-order valence-corrected chi connectivity index (χ0v) is 29.1. The van der Waals surface area contributed by atoms with Gasteiger partial charge in [0.1, 0.15) is 11.6 Å². The lowest BCUT2D eigenvalue weighted by molar-refractivity contribution is -0.154. The second kappa shape index (κ2) is 19.9. The lowest BCUT2D eigenvalue weighted by Gasteiger charge is -2.32. The minimum atomic E-state index is -0.987. The number of fused-ring (bicyclic) bond motifs is 1. The van der Waals surface area contributed by atoms with Gasteiger partial charge in [-0.2, -0.15) is 5.10 Å². The van der Waals surface area contributed by atoms with Crippen molar-refractivity contribution in [3.8, 4) is 5.75 Å². The molecule has 0 radical (unpaired) electrons. The van der Waals surface area contributed by atoms with Crippen molar-refractivity contribution in [2.45, 2.75) is 100 Å². The van der Waals surface area contributed by atoms with Gasteiger partial charge in [-0.25, -0.2) is 9.59 Å². The van der Waals surface area contributed by atoms with Crippen LogP contribution in [-0.4, -0.2) is 63.7 Å². The predicted molar refractivity (Wildman–Crippen MR) is 188 cm³/mol. The summed E-state index contributed by atoms with van der Waals surface area (Å²) in [6.07, 6.45) is 1.33. The predicted octanol–water partition coefficient (Wildman–Crippen LogP) is 6.48. The van der Waals surface area contributed by atoms with Crippen LogP contribution in [0.3, 0.4) is 0 Å². The first kappa shape index (κ1) is 41.4. The number of carbonyl (C=O) groups excluding carboxylic acids is 3. The molecule has 1 N–H and O–H groups in total. The van der Waals surface area contributed by atoms with Crippen molar-refractivity contribution in [3.63, 3.8) is 0 Å². The van der Waals surface area contributed by atoms with Gasteiger partial charge in [-0.05, 0) is 58.1 Å². The first-order valence-corrected chi connectivity index (χ1v) is 16.0. The largest absolute Gasteiger partial charge is 0.451 e. The molecule has 0 saturated carbocycles. The topological polar surface area (TPSA) is 129 Å². The highest BCUT2D eigenvalue weighted by Crippen LogP contribution is 2.21. The fourth-order valence-electron chi connectivity index (χ4n) is 4.52. The van der Waals surface area contributed by atoms with E-state index in [1.54, 1.807) is 39.5 Å². The molecule has 1 aliphatic heterocycles. The first-order valence-electron chi connectivity index (χ1n) is 16.0. The summed E-state index contributed by atoms with van der Waals surface area (Å²) in [6, 6.07) is 20.0. The average molecular weight is 667 g/mol. The van der Waals surface area contributed by atoms with Crippen LogP contribution >= 0.6 is 0 Å². The standard InChI is InChI=1S/C21H32N4O7.C13H12.C2H6.CH4/c1-12(2)15(23-20(29)32-21(5,6)7)19(28)31-11-30-17-14(26)10-22-25-9-8-24(13(3)4)18(27)16(17)25;1-3-7-12(8-4-1)11-13-9-5-2-6-10-13;1-2;/h10,12-13,15H,8-9,11H2,1-7H3,(H,23,29);1-10H,11H2;1-2H3;1H4. The van der Waals surface area contributed by atoms with Gasteiger partial charge in [-0.3, -0.25) is 14.3 Å². The summed E-state index contributed by atoms with van der Waals surface area (Å²) >= 11 is 0. The van der Waals surface area contributed by atoms with Gasteiger partial charge < -0.3 is 24.4 Å². The van der Waals surface area contributed by atoms with Gasteiger partial charge in [0.15, 0.2) is 5.69 Å². The van der Waals surface area contributed by atoms with E-state index in [-0.39, 0.29) is 36.7 Å². The molecule has 0 fully saturated rings. The summed E-state index contributed by atoms with van der Waals surface area (Å²) < 4.78 is 17.1. The molecular weight excluding hydrogens is 612 g/mol. The molecular formula is C37H54N4O7. The Morgan fingerprint density at radius 1 is 0.896 bits per heavy atom. The highest BCUT2D eigenvalue weighted by atomic mass is 16.7. The van der Waals surface area contributed by atoms with Crippen LogP contribution in [0.4, 0.5) is 4.79 Å². The SMILES string of the molecule is C.CC.CC(C)C(NC(=O)OC(C)(C)C)C(=O)OCOc1c2n(ncc1=O)CCN(C(C)C)C2=O.c1ccc(Cc2ccccc2)cc1. The average Bonchev–Trinajstić information content (AvgIpc) is 3.02. The summed E-state index contributed by atoms with van der Waals surface area (Å²) in [5.74, 6) is -1.67. The van der Waals surface area contributed by atoms with E-state index in [9.17, 15) is 19.2 Å². The molecule has 2 amide bonds. The number of hydrogen-bond acceptors (Lipinski definition) is 8. The fourth-order valence-corrected chi connectivity index (χ4v) is 4.52. The molecule has 3 aromatic rings. The smallest absolute Gasteiger partial charge is 0.408 e. The zero-order chi connectivity index (χ0) is 35.1. The van der Waals surface area contributed by atoms with Crippen molar-refractivity contribution in [2.24, 2.45) is 5.92 Å². The van der Waals surface area contributed by atoms with E-state index in [1.807, 2.05) is 27.7 Å². The number of nitrogens with zero attached hydrogens (tertiary/aromatic N) is 3. The molecule has 48 heavy (non-hydrogen) atoms. The molecule has 11 heteroatoms. The van der Waals surface area contributed by atoms with Crippen LogP contribution in [0, 0.1) is 5.92 Å². The Labute approximate surface area is 285 Å². The zero-order valence-electron chi connectivity index (χ0n) is 29.1. The molecule has 264 valence electrons. The number of ether oxygens (including phenoxy) is 3. The van der Waals surface area contributed by atoms with Crippen LogP contribution in [0.1, 0.15) is 91.4 Å². The summed E-state index contributed by atoms with van der Waals surface area (Å²) in [7, 11) is 0. The Bertz CT molecular complexity index is 1450. The number of benzene rings is 2. The third-order valence-corrected chi connectivity index (χ3v) is 6.74. The van der Waals surface area contributed by atoms with Gasteiger partial charge >= 0.3 is 12.1 Å². The number of hydrogen-bond donors (Lipinski definition) is 1. The molecule has 0 bridgehead atoms. The maximum Gasteiger partial charge on any atom is 0.408 e. The van der Waals surface area contributed by atoms with Crippen molar-refractivity contribution in [1.29, 1.82) is 0 Å². The van der Waals surface area contributed by atoms with E-state index in [0.29, 0.717) is 13.1 Å². The van der Waals surface area contributed by atoms with Crippen LogP contribution in [0.2, 0.25) is 0 Å². The highest BCUT2D eigenvalue weighted by Gasteiger charge is 2.32. The second-order valence-electron chi connectivity index (χ2n) is 12.2. The third-order valence-electron chi connectivity index (χ3n) is 6.74. The number of rotatable bonds is 9. The quantitative estimate of drug-likeness (QED) is 0.203. The van der Waals surface area contributed by atoms with Crippen LogP contribution in [0.15, 0.2) is 71.7 Å². The molecule has 11 nitrogen and oxygen atoms in total. The van der Waals surface area contributed by atoms with Crippen molar-refractivity contribution < 1.29 is 28.6 Å². The Morgan fingerprint density at radius 2 is 1.44 bits per heavy atom. The van der Waals surface area contributed by atoms with E-state index < -0.39 is 35.9 Å². The van der Waals surface area contributed by atoms with E-state index in [0.717, 1.165) is 12.6 Å². The number of amides is 2. The van der Waals surface area contributed by atoms with Gasteiger partial charge in [-0.1, -0.05) is 95.8 Å². The molecule has 0 saturated heterocycles. The first-order chi connectivity index (χ1) is 22.3. The molecule has 1 unspecified atom stereocenters. The maximum absolute atomic E-state index is 12.8. The monoisotopic (exact) mass is 666 g/mol. The molecule has 4 rings (SSSR count). The van der Waals surface area contributed by atoms with Gasteiger partial charge in [0.2, 0.25) is 18.0 Å². The van der Waals surface area contributed by atoms with E-state index >= 15 is 0 Å². The van der Waals surface area contributed by atoms with Crippen molar-refractivity contribution >= 4 is 18.0 Å². The minimum absolute atomic E-state index is 0. The number of esters is 1. The van der Waals surface area contributed by atoms with E-state index in [1.165, 1.54) is 15.8 Å². The van der Waals surface area contributed by atoms with Crippen molar-refractivity contribution in [1.82, 2.24) is 20.0 Å². The van der Waals surface area contributed by atoms with Gasteiger partial charge in [0.05, 0.1) is 12.7 Å². The lowest BCUT2D eigenvalue weighted by atomic mass is 10.1. The molecule has 1 aromatic heterocycles. The number of aromatic nitrogens is 2. The van der Waals surface area contributed by atoms with Crippen LogP contribution in [-0.2, 0) is 27.2 Å². The second-order valence-corrected chi connectivity index (χ2v) is 12.2. The summed E-state index contributed by atoms with van der Waals surface area (Å²) in [5, 5.41) is 6.47. The third kappa shape index (κ3) is 12.8. The van der Waals surface area contributed by atoms with Crippen molar-refractivity contribution in [2.75, 3.05) is 13.3 Å². The van der Waals surface area contributed by atoms with E-state index in [4.69, 9.17) is 14.2 Å². The Balaban J connectivity index is 0.000000596. The van der Waals surface area contributed by atoms with Gasteiger partial charge in [0.25, 0.3) is 5.91 Å². The normalized spacial score (nSPS) is 12.6. The Kier molecular flexibility index (Phi) is 17.1. The number of alkyl carbamates (subject to hydrolysis) is 1. The van der Waals surface area contributed by atoms with Crippen molar-refractivity contribution in [3.05, 3.63) is 93.9 Å². The summed E-state index contributed by atoms with van der Waals surface area (Å²) in [4.78, 5) is 51.3. The van der Waals surface area contributed by atoms with Gasteiger partial charge in [-0.15, -0.1) is 0 Å². The maximum atomic E-state index is 12.8. The Morgan fingerprint density at radius 3 is 1.92 bits per heavy atom. The molecule has 1 aliphatic rings. The molecule has 1 atom stereocenters. The van der Waals surface area contributed by atoms with Crippen LogP contribution < -0.4 is 15.5 Å².